The molecule has 1 aromatic carbocycles. The Hall–Kier alpha value is -1.16. The van der Waals surface area contributed by atoms with Crippen molar-refractivity contribution in [2.75, 3.05) is 19.1 Å². The van der Waals surface area contributed by atoms with Gasteiger partial charge in [0.25, 0.3) is 0 Å². The molecule has 14 heavy (non-hydrogen) atoms. The minimum Gasteiger partial charge on any atom is -0.465 e. The molecule has 2 N–H and O–H groups in total. The van der Waals surface area contributed by atoms with Crippen molar-refractivity contribution >= 4 is 23.4 Å². The molecule has 0 aliphatic carbocycles. The Bertz CT molecular complexity index is 339. The van der Waals surface area contributed by atoms with Gasteiger partial charge in [-0.1, -0.05) is 12.1 Å². The number of thioether (sulfide) groups is 1. The molecule has 0 heterocycles. The molecule has 0 aliphatic heterocycles. The predicted octanol–water partition coefficient (Wildman–Crippen LogP) is 1.92. The van der Waals surface area contributed by atoms with Gasteiger partial charge < -0.3 is 10.5 Å². The second-order valence-electron chi connectivity index (χ2n) is 2.81. The summed E-state index contributed by atoms with van der Waals surface area (Å²) >= 11 is 1.64. The van der Waals surface area contributed by atoms with Gasteiger partial charge in [0.2, 0.25) is 0 Å². The summed E-state index contributed by atoms with van der Waals surface area (Å²) in [5.74, 6) is 0.391. The highest BCUT2D eigenvalue weighted by molar-refractivity contribution is 7.97. The Morgan fingerprint density at radius 2 is 2.29 bits per heavy atom. The summed E-state index contributed by atoms with van der Waals surface area (Å²) in [5.41, 5.74) is 7.60. The summed E-state index contributed by atoms with van der Waals surface area (Å²) in [5, 5.41) is 0. The Morgan fingerprint density at radius 3 is 2.86 bits per heavy atom. The zero-order chi connectivity index (χ0) is 10.6. The fourth-order valence-corrected chi connectivity index (χ4v) is 1.80. The number of benzene rings is 1. The first-order valence-corrected chi connectivity index (χ1v) is 5.54. The van der Waals surface area contributed by atoms with Crippen LogP contribution in [0.1, 0.15) is 15.9 Å². The molecule has 0 atom stereocenters. The van der Waals surface area contributed by atoms with Gasteiger partial charge in [0.15, 0.2) is 0 Å². The summed E-state index contributed by atoms with van der Waals surface area (Å²) in [6.07, 6.45) is 1.98. The van der Waals surface area contributed by atoms with Crippen LogP contribution in [0.4, 0.5) is 5.69 Å². The van der Waals surface area contributed by atoms with Gasteiger partial charge in [-0.05, 0) is 17.9 Å². The highest BCUT2D eigenvalue weighted by Crippen LogP contribution is 2.21. The van der Waals surface area contributed by atoms with Gasteiger partial charge in [0.1, 0.15) is 0 Å². The van der Waals surface area contributed by atoms with Crippen molar-refractivity contribution in [3.05, 3.63) is 29.3 Å². The molecule has 0 unspecified atom stereocenters. The number of nitrogens with two attached hydrogens (primary N) is 1. The summed E-state index contributed by atoms with van der Waals surface area (Å²) in [6.45, 7) is 0. The number of hydrogen-bond donors (Lipinski definition) is 1. The third-order valence-electron chi connectivity index (χ3n) is 1.87. The molecule has 0 saturated heterocycles. The lowest BCUT2D eigenvalue weighted by Gasteiger charge is -2.08. The maximum atomic E-state index is 11.4. The van der Waals surface area contributed by atoms with Crippen LogP contribution < -0.4 is 5.73 Å². The average Bonchev–Trinajstić information content (AvgIpc) is 2.18. The van der Waals surface area contributed by atoms with Crippen molar-refractivity contribution < 1.29 is 9.53 Å². The van der Waals surface area contributed by atoms with E-state index in [9.17, 15) is 4.79 Å². The molecule has 0 spiro atoms. The number of esters is 1. The van der Waals surface area contributed by atoms with E-state index in [1.807, 2.05) is 18.4 Å². The maximum Gasteiger partial charge on any atom is 0.340 e. The van der Waals surface area contributed by atoms with E-state index < -0.39 is 0 Å². The number of carbonyl (C=O) groups is 1. The fourth-order valence-electron chi connectivity index (χ4n) is 1.25. The van der Waals surface area contributed by atoms with Crippen molar-refractivity contribution in [1.82, 2.24) is 0 Å². The molecule has 0 saturated carbocycles. The molecule has 0 aromatic heterocycles. The highest BCUT2D eigenvalue weighted by Gasteiger charge is 2.14. The first-order chi connectivity index (χ1) is 6.70. The number of nitrogen functional groups attached to an aromatic ring is 1. The number of anilines is 1. The van der Waals surface area contributed by atoms with Crippen LogP contribution in [-0.2, 0) is 10.5 Å². The quantitative estimate of drug-likeness (QED) is 0.613. The first kappa shape index (κ1) is 10.9. The number of rotatable bonds is 3. The van der Waals surface area contributed by atoms with E-state index in [1.165, 1.54) is 7.11 Å². The van der Waals surface area contributed by atoms with Crippen molar-refractivity contribution in [2.24, 2.45) is 0 Å². The van der Waals surface area contributed by atoms with Crippen LogP contribution in [0.3, 0.4) is 0 Å². The molecule has 0 amide bonds. The van der Waals surface area contributed by atoms with Gasteiger partial charge in [-0.2, -0.15) is 11.8 Å². The predicted molar refractivity (Wildman–Crippen MR) is 59.4 cm³/mol. The number of hydrogen-bond acceptors (Lipinski definition) is 4. The summed E-state index contributed by atoms with van der Waals surface area (Å²) < 4.78 is 4.68. The van der Waals surface area contributed by atoms with Crippen LogP contribution in [0.5, 0.6) is 0 Å². The van der Waals surface area contributed by atoms with Crippen molar-refractivity contribution in [3.63, 3.8) is 0 Å². The molecule has 1 aromatic rings. The number of ether oxygens (including phenoxy) is 1. The molecule has 0 fully saturated rings. The molecule has 1 rings (SSSR count). The molecule has 0 aliphatic rings. The Labute approximate surface area is 87.6 Å². The van der Waals surface area contributed by atoms with E-state index in [4.69, 9.17) is 5.73 Å². The largest absolute Gasteiger partial charge is 0.465 e. The minimum atomic E-state index is -0.368. The van der Waals surface area contributed by atoms with Crippen LogP contribution in [0, 0.1) is 0 Å². The standard InChI is InChI=1S/C10H13NO2S/c1-13-10(12)9-7(6-14-2)4-3-5-8(9)11/h3-5H,6,11H2,1-2H3. The van der Waals surface area contributed by atoms with Crippen LogP contribution in [0.15, 0.2) is 18.2 Å². The second kappa shape index (κ2) is 4.91. The van der Waals surface area contributed by atoms with Gasteiger partial charge in [0.05, 0.1) is 12.7 Å². The molecular formula is C10H13NO2S. The molecule has 4 heteroatoms. The average molecular weight is 211 g/mol. The lowest BCUT2D eigenvalue weighted by Crippen LogP contribution is -2.08. The summed E-state index contributed by atoms with van der Waals surface area (Å²) in [4.78, 5) is 11.4. The van der Waals surface area contributed by atoms with E-state index in [1.54, 1.807) is 17.8 Å². The first-order valence-electron chi connectivity index (χ1n) is 4.15. The topological polar surface area (TPSA) is 52.3 Å². The van der Waals surface area contributed by atoms with E-state index in [0.29, 0.717) is 11.3 Å². The Balaban J connectivity index is 3.15. The van der Waals surface area contributed by atoms with Gasteiger partial charge in [-0.25, -0.2) is 4.79 Å². The van der Waals surface area contributed by atoms with Gasteiger partial charge >= 0.3 is 5.97 Å². The lowest BCUT2D eigenvalue weighted by molar-refractivity contribution is 0.0601. The second-order valence-corrected chi connectivity index (χ2v) is 3.67. The van der Waals surface area contributed by atoms with Crippen LogP contribution in [-0.4, -0.2) is 19.3 Å². The minimum absolute atomic E-state index is 0.368. The maximum absolute atomic E-state index is 11.4. The molecule has 76 valence electrons. The monoisotopic (exact) mass is 211 g/mol. The van der Waals surface area contributed by atoms with Crippen LogP contribution in [0.2, 0.25) is 0 Å². The van der Waals surface area contributed by atoms with Crippen molar-refractivity contribution in [3.8, 4) is 0 Å². The van der Waals surface area contributed by atoms with Crippen LogP contribution >= 0.6 is 11.8 Å². The highest BCUT2D eigenvalue weighted by atomic mass is 32.2. The zero-order valence-electron chi connectivity index (χ0n) is 8.24. The Kier molecular flexibility index (Phi) is 3.83. The van der Waals surface area contributed by atoms with E-state index >= 15 is 0 Å². The van der Waals surface area contributed by atoms with Crippen molar-refractivity contribution in [2.45, 2.75) is 5.75 Å². The zero-order valence-corrected chi connectivity index (χ0v) is 9.06. The van der Waals surface area contributed by atoms with Gasteiger partial charge in [0, 0.05) is 11.4 Å². The number of carbonyl (C=O) groups excluding carboxylic acids is 1. The summed E-state index contributed by atoms with van der Waals surface area (Å²) in [7, 11) is 1.36. The van der Waals surface area contributed by atoms with Gasteiger partial charge in [-0.3, -0.25) is 0 Å². The number of methoxy groups -OCH3 is 1. The van der Waals surface area contributed by atoms with Crippen LogP contribution in [0.25, 0.3) is 0 Å². The Morgan fingerprint density at radius 1 is 1.57 bits per heavy atom. The molecule has 3 nitrogen and oxygen atoms in total. The molecule has 0 bridgehead atoms. The smallest absolute Gasteiger partial charge is 0.340 e. The van der Waals surface area contributed by atoms with E-state index in [0.717, 1.165) is 11.3 Å². The van der Waals surface area contributed by atoms with E-state index in [-0.39, 0.29) is 5.97 Å². The molecular weight excluding hydrogens is 198 g/mol. The van der Waals surface area contributed by atoms with Crippen molar-refractivity contribution in [1.29, 1.82) is 0 Å². The summed E-state index contributed by atoms with van der Waals surface area (Å²) in [6, 6.07) is 5.43. The third-order valence-corrected chi connectivity index (χ3v) is 2.47. The van der Waals surface area contributed by atoms with E-state index in [2.05, 4.69) is 4.74 Å². The molecule has 0 radical (unpaired) electrons. The fraction of sp³-hybridized carbons (Fsp3) is 0.300. The SMILES string of the molecule is COC(=O)c1c(N)cccc1CSC. The van der Waals surface area contributed by atoms with Gasteiger partial charge in [-0.15, -0.1) is 0 Å². The normalized spacial score (nSPS) is 9.86. The lowest BCUT2D eigenvalue weighted by atomic mass is 10.1. The third kappa shape index (κ3) is 2.20.